The van der Waals surface area contributed by atoms with Crippen LogP contribution < -0.4 is 0 Å². The largest absolute Gasteiger partial charge is 0.350 e. The van der Waals surface area contributed by atoms with Crippen LogP contribution >= 0.6 is 0 Å². The van der Waals surface area contributed by atoms with Crippen molar-refractivity contribution in [2.45, 2.75) is 46.0 Å². The first kappa shape index (κ1) is 20.5. The maximum atomic E-state index is 12.8. The molecule has 0 bridgehead atoms. The molecule has 1 atom stereocenters. The van der Waals surface area contributed by atoms with E-state index in [4.69, 9.17) is 10.00 Å². The van der Waals surface area contributed by atoms with Crippen LogP contribution in [0.5, 0.6) is 0 Å². The fourth-order valence-electron chi connectivity index (χ4n) is 3.35. The molecule has 0 N–H and O–H groups in total. The van der Waals surface area contributed by atoms with Crippen molar-refractivity contribution in [2.24, 2.45) is 5.92 Å². The lowest BCUT2D eigenvalue weighted by atomic mass is 9.85. The van der Waals surface area contributed by atoms with E-state index < -0.39 is 5.97 Å². The zero-order valence-corrected chi connectivity index (χ0v) is 16.2. The van der Waals surface area contributed by atoms with Gasteiger partial charge >= 0.3 is 5.97 Å². The first-order valence-electron chi connectivity index (χ1n) is 9.65. The van der Waals surface area contributed by atoms with Crippen LogP contribution in [0.25, 0.3) is 5.57 Å². The number of nitriles is 1. The van der Waals surface area contributed by atoms with Crippen LogP contribution in [-0.2, 0) is 9.53 Å². The van der Waals surface area contributed by atoms with Gasteiger partial charge in [0.2, 0.25) is 0 Å². The predicted octanol–water partition coefficient (Wildman–Crippen LogP) is 6.12. The lowest BCUT2D eigenvalue weighted by Gasteiger charge is -2.19. The molecular formula is C24H27NO2. The molecule has 0 saturated heterocycles. The maximum Gasteiger partial charge on any atom is 0.350 e. The second-order valence-electron chi connectivity index (χ2n) is 6.69. The lowest BCUT2D eigenvalue weighted by Crippen LogP contribution is -2.13. The highest BCUT2D eigenvalue weighted by atomic mass is 16.5. The fourth-order valence-corrected chi connectivity index (χ4v) is 3.35. The van der Waals surface area contributed by atoms with Crippen molar-refractivity contribution in [3.05, 3.63) is 77.4 Å². The van der Waals surface area contributed by atoms with Crippen LogP contribution in [0, 0.1) is 17.4 Å². The van der Waals surface area contributed by atoms with Crippen molar-refractivity contribution in [2.75, 3.05) is 0 Å². The van der Waals surface area contributed by atoms with Gasteiger partial charge in [-0.2, -0.15) is 0 Å². The van der Waals surface area contributed by atoms with Crippen LogP contribution in [0.3, 0.4) is 0 Å². The van der Waals surface area contributed by atoms with Gasteiger partial charge in [0.15, 0.2) is 0 Å². The van der Waals surface area contributed by atoms with Gasteiger partial charge in [0.1, 0.15) is 0 Å². The summed E-state index contributed by atoms with van der Waals surface area (Å²) in [5.74, 6) is -0.163. The van der Waals surface area contributed by atoms with Crippen molar-refractivity contribution in [1.29, 1.82) is 5.26 Å². The molecule has 1 unspecified atom stereocenters. The zero-order chi connectivity index (χ0) is 19.5. The standard InChI is InChI=1S/C24H27NO2/c1-3-5-12-19(4-2)17-22(24(26)27-18-25)23(20-13-8-6-9-14-20)21-15-10-7-11-16-21/h6-11,13-16,19H,3-5,12,17H2,1-2H3. The van der Waals surface area contributed by atoms with E-state index in [1.807, 2.05) is 60.7 Å². The maximum absolute atomic E-state index is 12.8. The van der Waals surface area contributed by atoms with E-state index in [2.05, 4.69) is 13.8 Å². The van der Waals surface area contributed by atoms with Crippen molar-refractivity contribution >= 4 is 11.5 Å². The number of carbonyl (C=O) groups excluding carboxylic acids is 1. The van der Waals surface area contributed by atoms with E-state index in [0.717, 1.165) is 42.4 Å². The molecule has 3 heteroatoms. The van der Waals surface area contributed by atoms with Crippen LogP contribution in [-0.4, -0.2) is 5.97 Å². The molecule has 0 saturated carbocycles. The Balaban J connectivity index is 2.60. The molecule has 0 aliphatic carbocycles. The molecule has 0 spiro atoms. The van der Waals surface area contributed by atoms with Crippen molar-refractivity contribution in [1.82, 2.24) is 0 Å². The highest BCUT2D eigenvalue weighted by molar-refractivity contribution is 6.02. The second-order valence-corrected chi connectivity index (χ2v) is 6.69. The molecule has 2 aromatic rings. The number of hydrogen-bond donors (Lipinski definition) is 0. The zero-order valence-electron chi connectivity index (χ0n) is 16.2. The second kappa shape index (κ2) is 11.0. The van der Waals surface area contributed by atoms with Crippen LogP contribution in [0.4, 0.5) is 0 Å². The first-order valence-corrected chi connectivity index (χ1v) is 9.65. The Hall–Kier alpha value is -2.86. The Morgan fingerprint density at radius 2 is 1.56 bits per heavy atom. The predicted molar refractivity (Wildman–Crippen MR) is 109 cm³/mol. The molecule has 0 aromatic heterocycles. The SMILES string of the molecule is CCCCC(CC)CC(C(=O)OC#N)=C(c1ccccc1)c1ccccc1. The molecule has 0 radical (unpaired) electrons. The summed E-state index contributed by atoms with van der Waals surface area (Å²) in [5, 5.41) is 8.93. The summed E-state index contributed by atoms with van der Waals surface area (Å²) in [6.45, 7) is 4.32. The smallest absolute Gasteiger partial charge is 0.347 e. The first-order chi connectivity index (χ1) is 13.2. The molecule has 0 amide bonds. The van der Waals surface area contributed by atoms with Gasteiger partial charge in [-0.1, -0.05) is 100 Å². The molecule has 0 aliphatic heterocycles. The van der Waals surface area contributed by atoms with Gasteiger partial charge in [-0.05, 0) is 29.0 Å². The third-order valence-corrected chi connectivity index (χ3v) is 4.85. The number of benzene rings is 2. The third-order valence-electron chi connectivity index (χ3n) is 4.85. The molecule has 0 fully saturated rings. The quantitative estimate of drug-likeness (QED) is 0.307. The monoisotopic (exact) mass is 361 g/mol. The summed E-state index contributed by atoms with van der Waals surface area (Å²) < 4.78 is 4.79. The number of rotatable bonds is 9. The van der Waals surface area contributed by atoms with Crippen LogP contribution in [0.1, 0.15) is 57.1 Å². The van der Waals surface area contributed by atoms with E-state index in [1.165, 1.54) is 0 Å². The fraction of sp³-hybridized carbons (Fsp3) is 0.333. The molecule has 140 valence electrons. The molecule has 27 heavy (non-hydrogen) atoms. The average Bonchev–Trinajstić information content (AvgIpc) is 2.72. The molecule has 0 aliphatic rings. The van der Waals surface area contributed by atoms with Gasteiger partial charge in [0.25, 0.3) is 6.26 Å². The number of unbranched alkanes of at least 4 members (excludes halogenated alkanes) is 1. The molecular weight excluding hydrogens is 334 g/mol. The highest BCUT2D eigenvalue weighted by Gasteiger charge is 2.23. The van der Waals surface area contributed by atoms with Gasteiger partial charge in [0.05, 0.1) is 0 Å². The Bertz CT molecular complexity index is 747. The van der Waals surface area contributed by atoms with Gasteiger partial charge < -0.3 is 4.74 Å². The molecule has 2 rings (SSSR count). The topological polar surface area (TPSA) is 50.1 Å². The number of hydrogen-bond acceptors (Lipinski definition) is 3. The molecule has 0 heterocycles. The van der Waals surface area contributed by atoms with Gasteiger partial charge in [-0.15, -0.1) is 5.26 Å². The minimum atomic E-state index is -0.546. The summed E-state index contributed by atoms with van der Waals surface area (Å²) in [7, 11) is 0. The number of nitrogens with zero attached hydrogens (tertiary/aromatic N) is 1. The van der Waals surface area contributed by atoms with E-state index in [-0.39, 0.29) is 0 Å². The van der Waals surface area contributed by atoms with Crippen molar-refractivity contribution in [3.8, 4) is 6.26 Å². The van der Waals surface area contributed by atoms with E-state index in [9.17, 15) is 4.79 Å². The van der Waals surface area contributed by atoms with E-state index in [0.29, 0.717) is 17.9 Å². The minimum Gasteiger partial charge on any atom is -0.347 e. The Morgan fingerprint density at radius 3 is 2.00 bits per heavy atom. The summed E-state index contributed by atoms with van der Waals surface area (Å²) in [6, 6.07) is 19.7. The lowest BCUT2D eigenvalue weighted by molar-refractivity contribution is -0.132. The normalized spacial score (nSPS) is 11.3. The molecule has 3 nitrogen and oxygen atoms in total. The summed E-state index contributed by atoms with van der Waals surface area (Å²) in [5.41, 5.74) is 3.35. The van der Waals surface area contributed by atoms with Gasteiger partial charge in [0, 0.05) is 5.57 Å². The number of esters is 1. The van der Waals surface area contributed by atoms with E-state index >= 15 is 0 Å². The molecule has 2 aromatic carbocycles. The summed E-state index contributed by atoms with van der Waals surface area (Å²) in [6.07, 6.45) is 6.47. The van der Waals surface area contributed by atoms with Crippen LogP contribution in [0.2, 0.25) is 0 Å². The summed E-state index contributed by atoms with van der Waals surface area (Å²) in [4.78, 5) is 12.8. The van der Waals surface area contributed by atoms with Crippen molar-refractivity contribution in [3.63, 3.8) is 0 Å². The van der Waals surface area contributed by atoms with E-state index in [1.54, 1.807) is 6.26 Å². The number of ether oxygens (including phenoxy) is 1. The summed E-state index contributed by atoms with van der Waals surface area (Å²) >= 11 is 0. The minimum absolute atomic E-state index is 0.383. The Kier molecular flexibility index (Phi) is 8.32. The van der Waals surface area contributed by atoms with Crippen molar-refractivity contribution < 1.29 is 9.53 Å². The Labute approximate surface area is 162 Å². The number of carbonyl (C=O) groups is 1. The average molecular weight is 361 g/mol. The van der Waals surface area contributed by atoms with Crippen LogP contribution in [0.15, 0.2) is 66.2 Å². The third kappa shape index (κ3) is 5.82. The van der Waals surface area contributed by atoms with Gasteiger partial charge in [-0.25, -0.2) is 4.79 Å². The van der Waals surface area contributed by atoms with Gasteiger partial charge in [-0.3, -0.25) is 0 Å². The highest BCUT2D eigenvalue weighted by Crippen LogP contribution is 2.33. The Morgan fingerprint density at radius 1 is 1.00 bits per heavy atom.